The third-order valence-corrected chi connectivity index (χ3v) is 6.22. The summed E-state index contributed by atoms with van der Waals surface area (Å²) < 4.78 is 40.2. The van der Waals surface area contributed by atoms with Crippen molar-refractivity contribution >= 4 is 43.0 Å². The van der Waals surface area contributed by atoms with Gasteiger partial charge in [0.1, 0.15) is 4.90 Å². The highest BCUT2D eigenvalue weighted by molar-refractivity contribution is 9.10. The fourth-order valence-corrected chi connectivity index (χ4v) is 4.48. The molecule has 0 aliphatic heterocycles. The second-order valence-corrected chi connectivity index (χ2v) is 8.24. The third-order valence-electron chi connectivity index (χ3n) is 2.92. The average Bonchev–Trinajstić information content (AvgIpc) is 2.79. The molecule has 1 aromatic heterocycles. The molecule has 2 aromatic rings. The van der Waals surface area contributed by atoms with E-state index in [0.717, 1.165) is 20.9 Å². The number of benzene rings is 1. The molecular weight excluding hydrogens is 381 g/mol. The third kappa shape index (κ3) is 3.25. The van der Waals surface area contributed by atoms with E-state index in [1.807, 2.05) is 0 Å². The number of nitrogens with zero attached hydrogens (tertiary/aromatic N) is 2. The highest BCUT2D eigenvalue weighted by atomic mass is 79.9. The van der Waals surface area contributed by atoms with Crippen LogP contribution in [0.5, 0.6) is 0 Å². The van der Waals surface area contributed by atoms with Gasteiger partial charge in [0.15, 0.2) is 5.82 Å². The molecule has 21 heavy (non-hydrogen) atoms. The number of nitrogen functional groups attached to an aromatic ring is 1. The van der Waals surface area contributed by atoms with E-state index in [4.69, 9.17) is 5.73 Å². The van der Waals surface area contributed by atoms with E-state index in [-0.39, 0.29) is 16.7 Å². The first-order valence-electron chi connectivity index (χ1n) is 5.83. The lowest BCUT2D eigenvalue weighted by Crippen LogP contribution is -2.27. The lowest BCUT2D eigenvalue weighted by molar-refractivity contribution is 0.461. The van der Waals surface area contributed by atoms with E-state index in [0.29, 0.717) is 0 Å². The molecule has 2 rings (SSSR count). The Morgan fingerprint density at radius 2 is 2.14 bits per heavy atom. The molecule has 0 bridgehead atoms. The number of sulfonamides is 1. The van der Waals surface area contributed by atoms with Crippen molar-refractivity contribution in [2.75, 3.05) is 12.8 Å². The van der Waals surface area contributed by atoms with Crippen molar-refractivity contribution in [3.05, 3.63) is 38.5 Å². The van der Waals surface area contributed by atoms with Crippen molar-refractivity contribution in [2.24, 2.45) is 0 Å². The first kappa shape index (κ1) is 16.3. The molecule has 1 aromatic carbocycles. The minimum Gasteiger partial charge on any atom is -0.399 e. The molecule has 5 nitrogen and oxygen atoms in total. The molecule has 0 aliphatic rings. The highest BCUT2D eigenvalue weighted by Crippen LogP contribution is 2.29. The molecule has 1 heterocycles. The van der Waals surface area contributed by atoms with E-state index < -0.39 is 20.7 Å². The number of rotatable bonds is 4. The number of anilines is 1. The Labute approximate surface area is 134 Å². The Balaban J connectivity index is 2.40. The summed E-state index contributed by atoms with van der Waals surface area (Å²) in [6.45, 7) is 1.93. The second-order valence-electron chi connectivity index (χ2n) is 4.44. The molecule has 0 unspecified atom stereocenters. The molecule has 114 valence electrons. The van der Waals surface area contributed by atoms with Gasteiger partial charge in [0, 0.05) is 24.2 Å². The summed E-state index contributed by atoms with van der Waals surface area (Å²) in [5.41, 5.74) is 8.17. The van der Waals surface area contributed by atoms with Gasteiger partial charge in [-0.25, -0.2) is 17.8 Å². The predicted molar refractivity (Wildman–Crippen MR) is 84.0 cm³/mol. The van der Waals surface area contributed by atoms with Crippen LogP contribution in [-0.2, 0) is 16.6 Å². The van der Waals surface area contributed by atoms with Crippen molar-refractivity contribution in [1.29, 1.82) is 0 Å². The van der Waals surface area contributed by atoms with Crippen molar-refractivity contribution in [2.45, 2.75) is 18.4 Å². The minimum absolute atomic E-state index is 0.0171. The first-order valence-corrected chi connectivity index (χ1v) is 8.94. The van der Waals surface area contributed by atoms with Gasteiger partial charge in [0.05, 0.1) is 15.7 Å². The Bertz CT molecular complexity index is 777. The molecule has 9 heteroatoms. The number of nitrogens with two attached hydrogens (primary N) is 1. The number of thiazole rings is 1. The Kier molecular flexibility index (Phi) is 4.66. The molecular formula is C12H13BrFN3O2S2. The van der Waals surface area contributed by atoms with E-state index >= 15 is 0 Å². The molecule has 0 radical (unpaired) electrons. The first-order chi connectivity index (χ1) is 9.73. The second kappa shape index (κ2) is 5.99. The van der Waals surface area contributed by atoms with Crippen LogP contribution < -0.4 is 5.73 Å². The fraction of sp³-hybridized carbons (Fsp3) is 0.250. The summed E-state index contributed by atoms with van der Waals surface area (Å²) in [4.78, 5) is 4.43. The number of hydrogen-bond acceptors (Lipinski definition) is 5. The van der Waals surface area contributed by atoms with Crippen LogP contribution in [0.15, 0.2) is 27.0 Å². The van der Waals surface area contributed by atoms with Crippen LogP contribution in [-0.4, -0.2) is 24.8 Å². The standard InChI is InChI=1S/C12H13BrFN3O2S2/c1-7-10(20-6-16-7)5-17(2)21(18,19)11-4-8(15)3-9(13)12(11)14/h3-4,6H,5,15H2,1-2H3. The molecule has 0 atom stereocenters. The van der Waals surface area contributed by atoms with Crippen molar-refractivity contribution in [3.8, 4) is 0 Å². The smallest absolute Gasteiger partial charge is 0.246 e. The van der Waals surface area contributed by atoms with Crippen LogP contribution in [0.1, 0.15) is 10.6 Å². The van der Waals surface area contributed by atoms with Crippen LogP contribution >= 0.6 is 27.3 Å². The van der Waals surface area contributed by atoms with Gasteiger partial charge in [0.25, 0.3) is 0 Å². The molecule has 0 saturated heterocycles. The zero-order valence-corrected chi connectivity index (χ0v) is 14.5. The van der Waals surface area contributed by atoms with Gasteiger partial charge in [-0.05, 0) is 35.0 Å². The zero-order valence-electron chi connectivity index (χ0n) is 11.3. The Morgan fingerprint density at radius 1 is 1.48 bits per heavy atom. The summed E-state index contributed by atoms with van der Waals surface area (Å²) >= 11 is 4.32. The fourth-order valence-electron chi connectivity index (χ4n) is 1.70. The van der Waals surface area contributed by atoms with Gasteiger partial charge in [0.2, 0.25) is 10.0 Å². The van der Waals surface area contributed by atoms with Crippen LogP contribution in [0, 0.1) is 12.7 Å². The molecule has 0 aliphatic carbocycles. The van der Waals surface area contributed by atoms with Crippen molar-refractivity contribution < 1.29 is 12.8 Å². The number of halogens is 2. The van der Waals surface area contributed by atoms with E-state index in [2.05, 4.69) is 20.9 Å². The number of hydrogen-bond donors (Lipinski definition) is 1. The van der Waals surface area contributed by atoms with Gasteiger partial charge in [-0.15, -0.1) is 11.3 Å². The highest BCUT2D eigenvalue weighted by Gasteiger charge is 2.27. The number of aromatic nitrogens is 1. The minimum atomic E-state index is -3.98. The van der Waals surface area contributed by atoms with E-state index in [1.165, 1.54) is 24.5 Å². The van der Waals surface area contributed by atoms with Crippen LogP contribution in [0.3, 0.4) is 0 Å². The maximum atomic E-state index is 14.1. The van der Waals surface area contributed by atoms with Gasteiger partial charge < -0.3 is 5.73 Å². The molecule has 2 N–H and O–H groups in total. The normalized spacial score (nSPS) is 12.0. The van der Waals surface area contributed by atoms with E-state index in [1.54, 1.807) is 12.4 Å². The van der Waals surface area contributed by atoms with Gasteiger partial charge in [-0.2, -0.15) is 4.31 Å². The summed E-state index contributed by atoms with van der Waals surface area (Å²) in [6.07, 6.45) is 0. The van der Waals surface area contributed by atoms with Crippen LogP contribution in [0.2, 0.25) is 0 Å². The Morgan fingerprint density at radius 3 is 2.71 bits per heavy atom. The zero-order chi connectivity index (χ0) is 15.8. The summed E-state index contributed by atoms with van der Waals surface area (Å²) in [6, 6.07) is 2.44. The summed E-state index contributed by atoms with van der Waals surface area (Å²) in [5, 5.41) is 0. The SMILES string of the molecule is Cc1ncsc1CN(C)S(=O)(=O)c1cc(N)cc(Br)c1F. The molecule has 0 fully saturated rings. The average molecular weight is 394 g/mol. The van der Waals surface area contributed by atoms with Gasteiger partial charge in [-0.1, -0.05) is 0 Å². The predicted octanol–water partition coefficient (Wildman–Crippen LogP) is 2.76. The molecule has 0 spiro atoms. The van der Waals surface area contributed by atoms with E-state index in [9.17, 15) is 12.8 Å². The molecule has 0 amide bonds. The maximum absolute atomic E-state index is 14.1. The quantitative estimate of drug-likeness (QED) is 0.810. The topological polar surface area (TPSA) is 76.3 Å². The van der Waals surface area contributed by atoms with Gasteiger partial charge in [-0.3, -0.25) is 0 Å². The van der Waals surface area contributed by atoms with Gasteiger partial charge >= 0.3 is 0 Å². The maximum Gasteiger partial charge on any atom is 0.246 e. The largest absolute Gasteiger partial charge is 0.399 e. The van der Waals surface area contributed by atoms with Crippen LogP contribution in [0.4, 0.5) is 10.1 Å². The van der Waals surface area contributed by atoms with Crippen LogP contribution in [0.25, 0.3) is 0 Å². The Hall–Kier alpha value is -1.03. The lowest BCUT2D eigenvalue weighted by atomic mass is 10.3. The monoisotopic (exact) mass is 393 g/mol. The number of aryl methyl sites for hydroxylation is 1. The molecule has 0 saturated carbocycles. The summed E-state index contributed by atoms with van der Waals surface area (Å²) in [5.74, 6) is -0.850. The van der Waals surface area contributed by atoms with Crippen molar-refractivity contribution in [1.82, 2.24) is 9.29 Å². The van der Waals surface area contributed by atoms with Crippen molar-refractivity contribution in [3.63, 3.8) is 0 Å². The lowest BCUT2D eigenvalue weighted by Gasteiger charge is -2.18. The summed E-state index contributed by atoms with van der Waals surface area (Å²) in [7, 11) is -2.59.